The highest BCUT2D eigenvalue weighted by atomic mass is 16.6. The molecule has 1 aromatic carbocycles. The predicted octanol–water partition coefficient (Wildman–Crippen LogP) is 2.02. The molecule has 2 heterocycles. The minimum Gasteiger partial charge on any atom is -0.439 e. The third-order valence-electron chi connectivity index (χ3n) is 2.74. The van der Waals surface area contributed by atoms with Crippen molar-refractivity contribution in [3.63, 3.8) is 0 Å². The molecule has 80 valence electrons. The number of cyclic esters (lactones) is 1. The molecule has 1 fully saturated rings. The topological polar surface area (TPSA) is 51.2 Å². The molecule has 1 unspecified atom stereocenters. The first kappa shape index (κ1) is 9.15. The Morgan fingerprint density at radius 1 is 1.38 bits per heavy atom. The number of carbonyl (C=O) groups is 1. The molecule has 1 aliphatic heterocycles. The maximum atomic E-state index is 11.0. The van der Waals surface area contributed by atoms with Crippen LogP contribution in [0.4, 0.5) is 4.79 Å². The lowest BCUT2D eigenvalue weighted by molar-refractivity contribution is 0.142. The highest BCUT2D eigenvalue weighted by Crippen LogP contribution is 2.27. The van der Waals surface area contributed by atoms with E-state index in [0.29, 0.717) is 6.54 Å². The van der Waals surface area contributed by atoms with Crippen LogP contribution in [0.25, 0.3) is 10.8 Å². The van der Waals surface area contributed by atoms with Crippen LogP contribution < -0.4 is 5.32 Å². The van der Waals surface area contributed by atoms with Crippen molar-refractivity contribution in [3.05, 3.63) is 42.2 Å². The van der Waals surface area contributed by atoms with Gasteiger partial charge >= 0.3 is 6.09 Å². The van der Waals surface area contributed by atoms with Gasteiger partial charge in [0.05, 0.1) is 6.54 Å². The van der Waals surface area contributed by atoms with Gasteiger partial charge in [-0.05, 0) is 11.5 Å². The summed E-state index contributed by atoms with van der Waals surface area (Å²) in [6.45, 7) is 0.528. The maximum Gasteiger partial charge on any atom is 0.407 e. The van der Waals surface area contributed by atoms with Crippen molar-refractivity contribution >= 4 is 16.9 Å². The van der Waals surface area contributed by atoms with Crippen LogP contribution in [0.15, 0.2) is 36.7 Å². The quantitative estimate of drug-likeness (QED) is 0.790. The van der Waals surface area contributed by atoms with E-state index < -0.39 is 0 Å². The van der Waals surface area contributed by atoms with Gasteiger partial charge in [0.25, 0.3) is 0 Å². The summed E-state index contributed by atoms with van der Waals surface area (Å²) in [5.74, 6) is 0. The van der Waals surface area contributed by atoms with Gasteiger partial charge in [-0.15, -0.1) is 0 Å². The number of hydrogen-bond acceptors (Lipinski definition) is 3. The lowest BCUT2D eigenvalue weighted by atomic mass is 10.0. The van der Waals surface area contributed by atoms with E-state index in [-0.39, 0.29) is 12.2 Å². The second-order valence-corrected chi connectivity index (χ2v) is 3.72. The van der Waals surface area contributed by atoms with Gasteiger partial charge in [0.15, 0.2) is 0 Å². The second kappa shape index (κ2) is 3.48. The zero-order valence-corrected chi connectivity index (χ0v) is 8.51. The number of fused-ring (bicyclic) bond motifs is 1. The average molecular weight is 214 g/mol. The van der Waals surface area contributed by atoms with Crippen LogP contribution in [0.5, 0.6) is 0 Å². The molecule has 1 saturated heterocycles. The second-order valence-electron chi connectivity index (χ2n) is 3.72. The Morgan fingerprint density at radius 2 is 2.31 bits per heavy atom. The van der Waals surface area contributed by atoms with E-state index in [2.05, 4.69) is 10.3 Å². The molecule has 1 aromatic heterocycles. The maximum absolute atomic E-state index is 11.0. The summed E-state index contributed by atoms with van der Waals surface area (Å²) in [6, 6.07) is 7.87. The monoisotopic (exact) mass is 214 g/mol. The van der Waals surface area contributed by atoms with Crippen molar-refractivity contribution < 1.29 is 9.53 Å². The summed E-state index contributed by atoms with van der Waals surface area (Å²) in [4.78, 5) is 15.1. The Kier molecular flexibility index (Phi) is 1.99. The standard InChI is InChI=1S/C12H10N2O2/c15-12-14-7-11(16-12)10-3-1-2-8-6-13-5-4-9(8)10/h1-6,11H,7H2,(H,14,15). The smallest absolute Gasteiger partial charge is 0.407 e. The van der Waals surface area contributed by atoms with Gasteiger partial charge in [0, 0.05) is 23.3 Å². The molecule has 2 aromatic rings. The van der Waals surface area contributed by atoms with E-state index in [1.165, 1.54) is 0 Å². The molecule has 0 radical (unpaired) electrons. The molecular weight excluding hydrogens is 204 g/mol. The zero-order chi connectivity index (χ0) is 11.0. The number of ether oxygens (including phenoxy) is 1. The molecular formula is C12H10N2O2. The summed E-state index contributed by atoms with van der Waals surface area (Å²) < 4.78 is 5.19. The molecule has 1 amide bonds. The van der Waals surface area contributed by atoms with Gasteiger partial charge in [-0.3, -0.25) is 4.98 Å². The highest BCUT2D eigenvalue weighted by Gasteiger charge is 2.25. The van der Waals surface area contributed by atoms with Gasteiger partial charge < -0.3 is 10.1 Å². The first-order valence-electron chi connectivity index (χ1n) is 5.12. The number of alkyl carbamates (subject to hydrolysis) is 1. The van der Waals surface area contributed by atoms with Crippen LogP contribution in [-0.4, -0.2) is 17.6 Å². The summed E-state index contributed by atoms with van der Waals surface area (Å²) in [5.41, 5.74) is 1.03. The Bertz CT molecular complexity index is 548. The lowest BCUT2D eigenvalue weighted by Gasteiger charge is -2.10. The van der Waals surface area contributed by atoms with Gasteiger partial charge in [0.1, 0.15) is 6.10 Å². The molecule has 1 N–H and O–H groups in total. The van der Waals surface area contributed by atoms with E-state index in [4.69, 9.17) is 4.74 Å². The van der Waals surface area contributed by atoms with Crippen molar-refractivity contribution in [3.8, 4) is 0 Å². The molecule has 1 atom stereocenters. The number of carbonyl (C=O) groups excluding carboxylic acids is 1. The van der Waals surface area contributed by atoms with E-state index in [9.17, 15) is 4.79 Å². The van der Waals surface area contributed by atoms with Crippen LogP contribution in [-0.2, 0) is 4.74 Å². The molecule has 1 aliphatic rings. The summed E-state index contributed by atoms with van der Waals surface area (Å²) >= 11 is 0. The van der Waals surface area contributed by atoms with Crippen molar-refractivity contribution in [1.82, 2.24) is 10.3 Å². The molecule has 16 heavy (non-hydrogen) atoms. The number of nitrogens with zero attached hydrogens (tertiary/aromatic N) is 1. The minimum atomic E-state index is -0.351. The normalized spacial score (nSPS) is 19.5. The first-order chi connectivity index (χ1) is 7.84. The van der Waals surface area contributed by atoms with Crippen molar-refractivity contribution in [2.24, 2.45) is 0 Å². The fourth-order valence-electron chi connectivity index (χ4n) is 1.99. The van der Waals surface area contributed by atoms with Crippen LogP contribution in [0.1, 0.15) is 11.7 Å². The number of nitrogens with one attached hydrogen (secondary N) is 1. The summed E-state index contributed by atoms with van der Waals surface area (Å²) in [5, 5.41) is 4.80. The molecule has 0 spiro atoms. The number of amides is 1. The van der Waals surface area contributed by atoms with Crippen LogP contribution in [0, 0.1) is 0 Å². The van der Waals surface area contributed by atoms with Gasteiger partial charge in [-0.1, -0.05) is 18.2 Å². The fourth-order valence-corrected chi connectivity index (χ4v) is 1.99. The molecule has 4 heteroatoms. The van der Waals surface area contributed by atoms with Crippen molar-refractivity contribution in [2.45, 2.75) is 6.10 Å². The average Bonchev–Trinajstić information content (AvgIpc) is 2.75. The number of rotatable bonds is 1. The summed E-state index contributed by atoms with van der Waals surface area (Å²) in [7, 11) is 0. The predicted molar refractivity (Wildman–Crippen MR) is 59.0 cm³/mol. The van der Waals surface area contributed by atoms with Gasteiger partial charge in [-0.25, -0.2) is 4.79 Å². The number of aromatic nitrogens is 1. The zero-order valence-electron chi connectivity index (χ0n) is 8.51. The Morgan fingerprint density at radius 3 is 3.12 bits per heavy atom. The van der Waals surface area contributed by atoms with Crippen LogP contribution >= 0.6 is 0 Å². The third-order valence-corrected chi connectivity index (χ3v) is 2.74. The number of hydrogen-bond donors (Lipinski definition) is 1. The fraction of sp³-hybridized carbons (Fsp3) is 0.167. The SMILES string of the molecule is O=C1NCC(c2cccc3cnccc23)O1. The molecule has 0 saturated carbocycles. The van der Waals surface area contributed by atoms with Crippen LogP contribution in [0.2, 0.25) is 0 Å². The molecule has 0 aliphatic carbocycles. The third kappa shape index (κ3) is 1.39. The van der Waals surface area contributed by atoms with Crippen molar-refractivity contribution in [1.29, 1.82) is 0 Å². The molecule has 4 nitrogen and oxygen atoms in total. The number of benzene rings is 1. The Labute approximate surface area is 92.2 Å². The largest absolute Gasteiger partial charge is 0.439 e. The lowest BCUT2D eigenvalue weighted by Crippen LogP contribution is -2.12. The van der Waals surface area contributed by atoms with Gasteiger partial charge in [-0.2, -0.15) is 0 Å². The van der Waals surface area contributed by atoms with E-state index >= 15 is 0 Å². The first-order valence-corrected chi connectivity index (χ1v) is 5.12. The molecule has 0 bridgehead atoms. The number of pyridine rings is 1. The van der Waals surface area contributed by atoms with E-state index in [1.807, 2.05) is 30.5 Å². The Balaban J connectivity index is 2.13. The summed E-state index contributed by atoms with van der Waals surface area (Å²) in [6.07, 6.45) is 3.01. The molecule has 3 rings (SSSR count). The van der Waals surface area contributed by atoms with Crippen LogP contribution in [0.3, 0.4) is 0 Å². The van der Waals surface area contributed by atoms with Gasteiger partial charge in [0.2, 0.25) is 0 Å². The van der Waals surface area contributed by atoms with E-state index in [0.717, 1.165) is 16.3 Å². The van der Waals surface area contributed by atoms with Crippen molar-refractivity contribution in [2.75, 3.05) is 6.54 Å². The minimum absolute atomic E-state index is 0.196. The highest BCUT2D eigenvalue weighted by molar-refractivity contribution is 5.85. The van der Waals surface area contributed by atoms with E-state index in [1.54, 1.807) is 6.20 Å². The Hall–Kier alpha value is -2.10.